The molecule has 0 bridgehead atoms. The summed E-state index contributed by atoms with van der Waals surface area (Å²) < 4.78 is 0. The van der Waals surface area contributed by atoms with E-state index < -0.39 is 0 Å². The Bertz CT molecular complexity index is 305. The summed E-state index contributed by atoms with van der Waals surface area (Å²) in [5.41, 5.74) is 5.51. The van der Waals surface area contributed by atoms with Crippen LogP contribution in [0.15, 0.2) is 5.16 Å². The van der Waals surface area contributed by atoms with Crippen LogP contribution >= 0.6 is 0 Å². The molecule has 0 aromatic rings. The molecule has 0 spiro atoms. The van der Waals surface area contributed by atoms with Gasteiger partial charge in [-0.15, -0.1) is 0 Å². The molecule has 0 aromatic heterocycles. The normalized spacial score (nSPS) is 19.8. The monoisotopic (exact) mass is 283 g/mol. The summed E-state index contributed by atoms with van der Waals surface area (Å²) >= 11 is 0. The van der Waals surface area contributed by atoms with Crippen LogP contribution in [-0.4, -0.2) is 35.6 Å². The topological polar surface area (TPSA) is 61.8 Å². The van der Waals surface area contributed by atoms with Crippen molar-refractivity contribution in [2.45, 2.75) is 59.8 Å². The van der Waals surface area contributed by atoms with Crippen molar-refractivity contribution in [3.8, 4) is 0 Å². The summed E-state index contributed by atoms with van der Waals surface area (Å²) in [5, 5.41) is 11.9. The van der Waals surface area contributed by atoms with Crippen molar-refractivity contribution in [2.75, 3.05) is 19.6 Å². The van der Waals surface area contributed by atoms with E-state index in [9.17, 15) is 0 Å². The van der Waals surface area contributed by atoms with Crippen LogP contribution in [0, 0.1) is 17.3 Å². The SMILES string of the molecule is CC(C)C1CCN(CCCCC(C)(C)C(N)=NO)CC1. The van der Waals surface area contributed by atoms with E-state index in [0.717, 1.165) is 24.7 Å². The van der Waals surface area contributed by atoms with Crippen LogP contribution in [0.5, 0.6) is 0 Å². The van der Waals surface area contributed by atoms with E-state index in [1.54, 1.807) is 0 Å². The maximum Gasteiger partial charge on any atom is 0.144 e. The van der Waals surface area contributed by atoms with Gasteiger partial charge in [-0.25, -0.2) is 0 Å². The summed E-state index contributed by atoms with van der Waals surface area (Å²) in [4.78, 5) is 2.59. The molecule has 0 aliphatic carbocycles. The summed E-state index contributed by atoms with van der Waals surface area (Å²) in [7, 11) is 0. The number of oxime groups is 1. The lowest BCUT2D eigenvalue weighted by atomic mass is 9.85. The van der Waals surface area contributed by atoms with Crippen molar-refractivity contribution in [1.29, 1.82) is 0 Å². The molecular formula is C16H33N3O. The molecule has 4 heteroatoms. The fourth-order valence-corrected chi connectivity index (χ4v) is 3.01. The average molecular weight is 283 g/mol. The molecule has 1 saturated heterocycles. The van der Waals surface area contributed by atoms with Crippen molar-refractivity contribution >= 4 is 5.84 Å². The van der Waals surface area contributed by atoms with Gasteiger partial charge in [-0.1, -0.05) is 39.3 Å². The molecule has 118 valence electrons. The third-order valence-corrected chi connectivity index (χ3v) is 4.90. The van der Waals surface area contributed by atoms with Crippen LogP contribution in [0.25, 0.3) is 0 Å². The van der Waals surface area contributed by atoms with Gasteiger partial charge in [0.25, 0.3) is 0 Å². The zero-order chi connectivity index (χ0) is 15.2. The molecule has 0 atom stereocenters. The van der Waals surface area contributed by atoms with Crippen molar-refractivity contribution in [2.24, 2.45) is 28.1 Å². The van der Waals surface area contributed by atoms with E-state index in [2.05, 4.69) is 23.9 Å². The van der Waals surface area contributed by atoms with Crippen LogP contribution < -0.4 is 5.73 Å². The first-order valence-electron chi connectivity index (χ1n) is 8.07. The quantitative estimate of drug-likeness (QED) is 0.248. The van der Waals surface area contributed by atoms with Crippen LogP contribution in [0.3, 0.4) is 0 Å². The van der Waals surface area contributed by atoms with E-state index in [4.69, 9.17) is 10.9 Å². The predicted octanol–water partition coefficient (Wildman–Crippen LogP) is 3.30. The Morgan fingerprint density at radius 1 is 1.30 bits per heavy atom. The molecule has 0 amide bonds. The Balaban J connectivity index is 2.17. The summed E-state index contributed by atoms with van der Waals surface area (Å²) in [6, 6.07) is 0. The number of piperidine rings is 1. The number of nitrogens with zero attached hydrogens (tertiary/aromatic N) is 2. The standard InChI is InChI=1S/C16H33N3O/c1-13(2)14-7-11-19(12-8-14)10-6-5-9-16(3,4)15(17)18-20/h13-14,20H,5-12H2,1-4H3,(H2,17,18). The highest BCUT2D eigenvalue weighted by molar-refractivity contribution is 5.85. The third kappa shape index (κ3) is 5.31. The van der Waals surface area contributed by atoms with Gasteiger partial charge in [-0.3, -0.25) is 0 Å². The van der Waals surface area contributed by atoms with Gasteiger partial charge in [0.15, 0.2) is 0 Å². The lowest BCUT2D eigenvalue weighted by Gasteiger charge is -2.34. The highest BCUT2D eigenvalue weighted by Crippen LogP contribution is 2.26. The third-order valence-electron chi connectivity index (χ3n) is 4.90. The molecule has 0 unspecified atom stereocenters. The first kappa shape index (κ1) is 17.3. The van der Waals surface area contributed by atoms with Gasteiger partial charge in [0.1, 0.15) is 5.84 Å². The van der Waals surface area contributed by atoms with Crippen LogP contribution in [0.2, 0.25) is 0 Å². The second-order valence-electron chi connectivity index (χ2n) is 7.25. The molecule has 0 radical (unpaired) electrons. The fraction of sp³-hybridized carbons (Fsp3) is 0.938. The molecule has 1 fully saturated rings. The van der Waals surface area contributed by atoms with E-state index in [1.165, 1.54) is 38.9 Å². The smallest absolute Gasteiger partial charge is 0.144 e. The zero-order valence-corrected chi connectivity index (χ0v) is 13.7. The van der Waals surface area contributed by atoms with E-state index in [1.807, 2.05) is 13.8 Å². The Labute approximate surface area is 124 Å². The second-order valence-corrected chi connectivity index (χ2v) is 7.25. The summed E-state index contributed by atoms with van der Waals surface area (Å²) in [6.07, 6.45) is 6.02. The lowest BCUT2D eigenvalue weighted by molar-refractivity contribution is 0.155. The number of nitrogens with two attached hydrogens (primary N) is 1. The van der Waals surface area contributed by atoms with E-state index in [-0.39, 0.29) is 5.41 Å². The van der Waals surface area contributed by atoms with Crippen molar-refractivity contribution in [3.05, 3.63) is 0 Å². The summed E-state index contributed by atoms with van der Waals surface area (Å²) in [6.45, 7) is 12.5. The molecule has 1 rings (SSSR count). The Kier molecular flexibility index (Phi) is 6.80. The molecule has 1 heterocycles. The maximum atomic E-state index is 8.76. The Morgan fingerprint density at radius 3 is 2.40 bits per heavy atom. The van der Waals surface area contributed by atoms with Crippen molar-refractivity contribution in [1.82, 2.24) is 4.90 Å². The number of rotatable bonds is 7. The number of unbranched alkanes of at least 4 members (excludes halogenated alkanes) is 1. The predicted molar refractivity (Wildman–Crippen MR) is 85.0 cm³/mol. The van der Waals surface area contributed by atoms with Crippen molar-refractivity contribution < 1.29 is 5.21 Å². The molecular weight excluding hydrogens is 250 g/mol. The van der Waals surface area contributed by atoms with Crippen LogP contribution in [0.1, 0.15) is 59.8 Å². The summed E-state index contributed by atoms with van der Waals surface area (Å²) in [5.74, 6) is 2.10. The van der Waals surface area contributed by atoms with Gasteiger partial charge in [-0.05, 0) is 57.2 Å². The molecule has 20 heavy (non-hydrogen) atoms. The first-order chi connectivity index (χ1) is 9.36. The highest BCUT2D eigenvalue weighted by Gasteiger charge is 2.24. The molecule has 3 N–H and O–H groups in total. The molecule has 0 aromatic carbocycles. The lowest BCUT2D eigenvalue weighted by Crippen LogP contribution is -2.36. The largest absolute Gasteiger partial charge is 0.409 e. The van der Waals surface area contributed by atoms with E-state index in [0.29, 0.717) is 5.84 Å². The van der Waals surface area contributed by atoms with Crippen LogP contribution in [0.4, 0.5) is 0 Å². The van der Waals surface area contributed by atoms with Gasteiger partial charge >= 0.3 is 0 Å². The van der Waals surface area contributed by atoms with Gasteiger partial charge in [0.05, 0.1) is 0 Å². The Hall–Kier alpha value is -0.770. The van der Waals surface area contributed by atoms with Gasteiger partial charge in [0.2, 0.25) is 0 Å². The maximum absolute atomic E-state index is 8.76. The minimum atomic E-state index is -0.195. The second kappa shape index (κ2) is 7.87. The number of hydrogen-bond acceptors (Lipinski definition) is 3. The zero-order valence-electron chi connectivity index (χ0n) is 13.7. The number of hydrogen-bond donors (Lipinski definition) is 2. The van der Waals surface area contributed by atoms with Gasteiger partial charge < -0.3 is 15.8 Å². The Morgan fingerprint density at radius 2 is 1.90 bits per heavy atom. The minimum Gasteiger partial charge on any atom is -0.409 e. The first-order valence-corrected chi connectivity index (χ1v) is 8.07. The molecule has 1 aliphatic rings. The average Bonchev–Trinajstić information content (AvgIpc) is 2.43. The van der Waals surface area contributed by atoms with Crippen LogP contribution in [-0.2, 0) is 0 Å². The van der Waals surface area contributed by atoms with Crippen molar-refractivity contribution in [3.63, 3.8) is 0 Å². The molecule has 4 nitrogen and oxygen atoms in total. The molecule has 1 aliphatic heterocycles. The van der Waals surface area contributed by atoms with Gasteiger partial charge in [0, 0.05) is 5.41 Å². The number of likely N-dealkylation sites (tertiary alicyclic amines) is 1. The van der Waals surface area contributed by atoms with Gasteiger partial charge in [-0.2, -0.15) is 0 Å². The highest BCUT2D eigenvalue weighted by atomic mass is 16.4. The fourth-order valence-electron chi connectivity index (χ4n) is 3.01. The molecule has 0 saturated carbocycles. The van der Waals surface area contributed by atoms with E-state index >= 15 is 0 Å². The number of amidine groups is 1. The minimum absolute atomic E-state index is 0.195.